The number of benzene rings is 1. The first-order valence-corrected chi connectivity index (χ1v) is 7.05. The van der Waals surface area contributed by atoms with Gasteiger partial charge in [-0.05, 0) is 12.8 Å². The lowest BCUT2D eigenvalue weighted by molar-refractivity contribution is -0.153. The minimum atomic E-state index is -1.46. The van der Waals surface area contributed by atoms with Crippen molar-refractivity contribution in [3.8, 4) is 11.5 Å². The van der Waals surface area contributed by atoms with Gasteiger partial charge in [0, 0.05) is 17.2 Å². The Morgan fingerprint density at radius 3 is 2.33 bits per heavy atom. The molecule has 1 aromatic carbocycles. The summed E-state index contributed by atoms with van der Waals surface area (Å²) in [4.78, 5) is 11.8. The normalized spacial score (nSPS) is 12.2. The molecule has 0 saturated heterocycles. The van der Waals surface area contributed by atoms with Crippen LogP contribution in [0.1, 0.15) is 43.9 Å². The van der Waals surface area contributed by atoms with Crippen LogP contribution in [0.2, 0.25) is 5.02 Å². The molecule has 6 heteroatoms. The summed E-state index contributed by atoms with van der Waals surface area (Å²) >= 11 is 6.22. The zero-order chi connectivity index (χ0) is 16.2. The Morgan fingerprint density at radius 1 is 1.29 bits per heavy atom. The van der Waals surface area contributed by atoms with Gasteiger partial charge in [-0.25, -0.2) is 4.79 Å². The van der Waals surface area contributed by atoms with Crippen molar-refractivity contribution in [3.63, 3.8) is 0 Å². The Morgan fingerprint density at radius 2 is 1.90 bits per heavy atom. The van der Waals surface area contributed by atoms with E-state index in [0.717, 1.165) is 0 Å². The smallest absolute Gasteiger partial charge is 0.339 e. The number of rotatable bonds is 6. The monoisotopic (exact) mass is 316 g/mol. The molecule has 0 radical (unpaired) electrons. The van der Waals surface area contributed by atoms with Crippen molar-refractivity contribution in [2.75, 3.05) is 20.8 Å². The molecular formula is C15H21ClO5. The summed E-state index contributed by atoms with van der Waals surface area (Å²) < 4.78 is 15.5. The third kappa shape index (κ3) is 3.60. The fourth-order valence-electron chi connectivity index (χ4n) is 2.19. The van der Waals surface area contributed by atoms with Crippen molar-refractivity contribution < 1.29 is 24.1 Å². The van der Waals surface area contributed by atoms with Crippen molar-refractivity contribution in [1.29, 1.82) is 0 Å². The van der Waals surface area contributed by atoms with Gasteiger partial charge in [-0.15, -0.1) is 0 Å². The lowest BCUT2D eigenvalue weighted by atomic mass is 9.92. The largest absolute Gasteiger partial charge is 0.493 e. The number of carbonyl (C=O) groups excluding carboxylic acids is 1. The summed E-state index contributed by atoms with van der Waals surface area (Å²) in [7, 11) is 3.00. The average molecular weight is 317 g/mol. The van der Waals surface area contributed by atoms with Gasteiger partial charge < -0.3 is 19.3 Å². The van der Waals surface area contributed by atoms with Gasteiger partial charge in [-0.1, -0.05) is 25.4 Å². The molecule has 0 aliphatic heterocycles. The summed E-state index contributed by atoms with van der Waals surface area (Å²) in [6, 6.07) is 1.52. The van der Waals surface area contributed by atoms with Gasteiger partial charge in [0.1, 0.15) is 0 Å². The molecule has 1 unspecified atom stereocenters. The number of ether oxygens (including phenoxy) is 3. The number of hydrogen-bond donors (Lipinski definition) is 1. The fraction of sp³-hybridized carbons (Fsp3) is 0.533. The highest BCUT2D eigenvalue weighted by Gasteiger charge is 2.30. The van der Waals surface area contributed by atoms with Crippen molar-refractivity contribution in [2.24, 2.45) is 0 Å². The summed E-state index contributed by atoms with van der Waals surface area (Å²) in [5.74, 6) is 0.126. The Balaban J connectivity index is 3.53. The SMILES string of the molecule is CCOC(=O)C(O)c1c(Cl)cc(OC)c(OC)c1C(C)C. The maximum atomic E-state index is 11.8. The second kappa shape index (κ2) is 7.52. The van der Waals surface area contributed by atoms with Gasteiger partial charge in [0.15, 0.2) is 17.6 Å². The molecule has 1 rings (SSSR count). The van der Waals surface area contributed by atoms with Crippen LogP contribution >= 0.6 is 11.6 Å². The molecule has 21 heavy (non-hydrogen) atoms. The number of aliphatic hydroxyl groups is 1. The lowest BCUT2D eigenvalue weighted by Gasteiger charge is -2.23. The lowest BCUT2D eigenvalue weighted by Crippen LogP contribution is -2.18. The van der Waals surface area contributed by atoms with Crippen LogP contribution in [0.15, 0.2) is 6.07 Å². The zero-order valence-corrected chi connectivity index (χ0v) is 13.7. The van der Waals surface area contributed by atoms with Crippen molar-refractivity contribution in [2.45, 2.75) is 32.8 Å². The Bertz CT molecular complexity index is 513. The molecule has 0 heterocycles. The average Bonchev–Trinajstić information content (AvgIpc) is 2.45. The molecule has 0 saturated carbocycles. The van der Waals surface area contributed by atoms with Crippen LogP contribution in [-0.2, 0) is 9.53 Å². The second-order valence-corrected chi connectivity index (χ2v) is 5.14. The van der Waals surface area contributed by atoms with Crippen LogP contribution in [-0.4, -0.2) is 31.9 Å². The van der Waals surface area contributed by atoms with E-state index in [-0.39, 0.29) is 17.5 Å². The van der Waals surface area contributed by atoms with Crippen LogP contribution in [0.25, 0.3) is 0 Å². The highest BCUT2D eigenvalue weighted by Crippen LogP contribution is 2.44. The van der Waals surface area contributed by atoms with Crippen LogP contribution in [0.3, 0.4) is 0 Å². The van der Waals surface area contributed by atoms with Crippen molar-refractivity contribution in [3.05, 3.63) is 22.2 Å². The topological polar surface area (TPSA) is 65.0 Å². The summed E-state index contributed by atoms with van der Waals surface area (Å²) in [6.07, 6.45) is -1.46. The molecule has 0 bridgehead atoms. The van der Waals surface area contributed by atoms with Gasteiger partial charge in [-0.2, -0.15) is 0 Å². The molecule has 0 aliphatic carbocycles. The van der Waals surface area contributed by atoms with Crippen molar-refractivity contribution >= 4 is 17.6 Å². The van der Waals surface area contributed by atoms with E-state index >= 15 is 0 Å². The van der Waals surface area contributed by atoms with E-state index in [2.05, 4.69) is 0 Å². The van der Waals surface area contributed by atoms with Gasteiger partial charge in [-0.3, -0.25) is 0 Å². The van der Waals surface area contributed by atoms with E-state index in [1.54, 1.807) is 6.92 Å². The van der Waals surface area contributed by atoms with Crippen LogP contribution in [0, 0.1) is 0 Å². The van der Waals surface area contributed by atoms with Gasteiger partial charge >= 0.3 is 5.97 Å². The highest BCUT2D eigenvalue weighted by molar-refractivity contribution is 6.32. The van der Waals surface area contributed by atoms with Crippen LogP contribution in [0.5, 0.6) is 11.5 Å². The maximum Gasteiger partial charge on any atom is 0.339 e. The predicted molar refractivity (Wildman–Crippen MR) is 80.2 cm³/mol. The van der Waals surface area contributed by atoms with Gasteiger partial charge in [0.05, 0.1) is 25.8 Å². The third-order valence-corrected chi connectivity index (χ3v) is 3.37. The number of carbonyl (C=O) groups is 1. The van der Waals surface area contributed by atoms with E-state index in [0.29, 0.717) is 22.6 Å². The molecule has 1 atom stereocenters. The number of halogens is 1. The highest BCUT2D eigenvalue weighted by atomic mass is 35.5. The summed E-state index contributed by atoms with van der Waals surface area (Å²) in [5, 5.41) is 10.5. The van der Waals surface area contributed by atoms with E-state index in [4.69, 9.17) is 25.8 Å². The Labute approximate surface area is 129 Å². The standard InChI is InChI=1S/C15H21ClO5/c1-6-21-15(18)13(17)12-9(16)7-10(19-4)14(20-5)11(12)8(2)3/h7-8,13,17H,6H2,1-5H3. The maximum absolute atomic E-state index is 11.8. The van der Waals surface area contributed by atoms with Crippen LogP contribution in [0.4, 0.5) is 0 Å². The van der Waals surface area contributed by atoms with E-state index < -0.39 is 12.1 Å². The first kappa shape index (κ1) is 17.6. The molecule has 1 N–H and O–H groups in total. The molecule has 0 aromatic heterocycles. The second-order valence-electron chi connectivity index (χ2n) is 4.73. The fourth-order valence-corrected chi connectivity index (χ4v) is 2.50. The Kier molecular flexibility index (Phi) is 6.30. The molecule has 0 aliphatic rings. The first-order valence-electron chi connectivity index (χ1n) is 6.67. The molecule has 1 aromatic rings. The quantitative estimate of drug-likeness (QED) is 0.817. The number of aliphatic hydroxyl groups excluding tert-OH is 1. The van der Waals surface area contributed by atoms with E-state index in [9.17, 15) is 9.90 Å². The van der Waals surface area contributed by atoms with Gasteiger partial charge in [0.25, 0.3) is 0 Å². The molecule has 118 valence electrons. The number of esters is 1. The minimum Gasteiger partial charge on any atom is -0.493 e. The predicted octanol–water partition coefficient (Wildman–Crippen LogP) is 3.08. The third-order valence-electron chi connectivity index (χ3n) is 3.06. The first-order chi connectivity index (χ1) is 9.88. The number of methoxy groups -OCH3 is 2. The number of hydrogen-bond acceptors (Lipinski definition) is 5. The van der Waals surface area contributed by atoms with Crippen LogP contribution < -0.4 is 9.47 Å². The molecule has 0 amide bonds. The summed E-state index contributed by atoms with van der Waals surface area (Å²) in [5.41, 5.74) is 0.921. The van der Waals surface area contributed by atoms with Gasteiger partial charge in [0.2, 0.25) is 0 Å². The molecule has 0 fully saturated rings. The Hall–Kier alpha value is -1.46. The molecule has 0 spiro atoms. The van der Waals surface area contributed by atoms with Crippen molar-refractivity contribution in [1.82, 2.24) is 0 Å². The van der Waals surface area contributed by atoms with E-state index in [1.807, 2.05) is 13.8 Å². The summed E-state index contributed by atoms with van der Waals surface area (Å²) in [6.45, 7) is 5.67. The zero-order valence-electron chi connectivity index (χ0n) is 12.9. The molecular weight excluding hydrogens is 296 g/mol. The minimum absolute atomic E-state index is 0.0355. The van der Waals surface area contributed by atoms with E-state index in [1.165, 1.54) is 20.3 Å². The molecule has 5 nitrogen and oxygen atoms in total.